The van der Waals surface area contributed by atoms with Crippen LogP contribution in [0.2, 0.25) is 0 Å². The van der Waals surface area contributed by atoms with Crippen LogP contribution in [0.3, 0.4) is 0 Å². The molecule has 2 aromatic heterocycles. The molecular weight excluding hydrogens is 250 g/mol. The SMILES string of the molecule is CCC(C)(C(=O)O)n1nnnc1-c1cc[nH]c(=O)c1. The minimum Gasteiger partial charge on any atom is -0.479 e. The predicted molar refractivity (Wildman–Crippen MR) is 65.4 cm³/mol. The van der Waals surface area contributed by atoms with Gasteiger partial charge >= 0.3 is 5.97 Å². The third kappa shape index (κ3) is 2.12. The van der Waals surface area contributed by atoms with Gasteiger partial charge in [0.05, 0.1) is 0 Å². The molecule has 0 fully saturated rings. The first-order valence-corrected chi connectivity index (χ1v) is 5.70. The Kier molecular flexibility index (Phi) is 3.16. The predicted octanol–water partition coefficient (Wildman–Crippen LogP) is 0.238. The van der Waals surface area contributed by atoms with Crippen molar-refractivity contribution in [1.82, 2.24) is 25.2 Å². The zero-order valence-electron chi connectivity index (χ0n) is 10.5. The van der Waals surface area contributed by atoms with Gasteiger partial charge in [0.25, 0.3) is 0 Å². The van der Waals surface area contributed by atoms with Crippen LogP contribution in [-0.4, -0.2) is 36.3 Å². The highest BCUT2D eigenvalue weighted by molar-refractivity contribution is 5.77. The van der Waals surface area contributed by atoms with Crippen molar-refractivity contribution in [2.24, 2.45) is 0 Å². The van der Waals surface area contributed by atoms with Gasteiger partial charge in [-0.2, -0.15) is 0 Å². The summed E-state index contributed by atoms with van der Waals surface area (Å²) in [6.45, 7) is 3.26. The second-order valence-electron chi connectivity index (χ2n) is 4.29. The van der Waals surface area contributed by atoms with Crippen molar-refractivity contribution in [1.29, 1.82) is 0 Å². The Morgan fingerprint density at radius 3 is 2.89 bits per heavy atom. The van der Waals surface area contributed by atoms with Crippen molar-refractivity contribution >= 4 is 5.97 Å². The topological polar surface area (TPSA) is 114 Å². The van der Waals surface area contributed by atoms with Crippen LogP contribution in [-0.2, 0) is 10.3 Å². The summed E-state index contributed by atoms with van der Waals surface area (Å²) in [5.41, 5.74) is -1.10. The molecule has 2 rings (SSSR count). The molecule has 0 amide bonds. The number of carbonyl (C=O) groups is 1. The van der Waals surface area contributed by atoms with Gasteiger partial charge in [0, 0.05) is 17.8 Å². The molecule has 100 valence electrons. The zero-order chi connectivity index (χ0) is 14.0. The van der Waals surface area contributed by atoms with Gasteiger partial charge < -0.3 is 10.1 Å². The smallest absolute Gasteiger partial charge is 0.331 e. The minimum atomic E-state index is -1.26. The second-order valence-corrected chi connectivity index (χ2v) is 4.29. The molecule has 1 unspecified atom stereocenters. The van der Waals surface area contributed by atoms with E-state index in [1.54, 1.807) is 13.0 Å². The molecular formula is C11H13N5O3. The number of H-pyrrole nitrogens is 1. The average Bonchev–Trinajstić information content (AvgIpc) is 2.87. The second kappa shape index (κ2) is 4.63. The number of aromatic amines is 1. The molecule has 0 aliphatic rings. The number of nitrogens with one attached hydrogen (secondary N) is 1. The van der Waals surface area contributed by atoms with E-state index in [9.17, 15) is 14.7 Å². The molecule has 2 aromatic rings. The maximum absolute atomic E-state index is 11.4. The normalized spacial score (nSPS) is 14.0. The van der Waals surface area contributed by atoms with Crippen LogP contribution in [0, 0.1) is 0 Å². The fourth-order valence-corrected chi connectivity index (χ4v) is 1.67. The van der Waals surface area contributed by atoms with E-state index in [4.69, 9.17) is 0 Å². The summed E-state index contributed by atoms with van der Waals surface area (Å²) >= 11 is 0. The summed E-state index contributed by atoms with van der Waals surface area (Å²) in [4.78, 5) is 25.2. The lowest BCUT2D eigenvalue weighted by Gasteiger charge is -2.23. The number of rotatable bonds is 4. The Labute approximate surface area is 108 Å². The Morgan fingerprint density at radius 1 is 1.58 bits per heavy atom. The molecule has 8 nitrogen and oxygen atoms in total. The number of hydrogen-bond donors (Lipinski definition) is 2. The molecule has 0 aliphatic heterocycles. The van der Waals surface area contributed by atoms with Gasteiger partial charge in [-0.3, -0.25) is 4.79 Å². The fraction of sp³-hybridized carbons (Fsp3) is 0.364. The maximum atomic E-state index is 11.4. The average molecular weight is 263 g/mol. The monoisotopic (exact) mass is 263 g/mol. The highest BCUT2D eigenvalue weighted by Gasteiger charge is 2.37. The van der Waals surface area contributed by atoms with E-state index in [2.05, 4.69) is 20.5 Å². The van der Waals surface area contributed by atoms with E-state index in [-0.39, 0.29) is 11.4 Å². The van der Waals surface area contributed by atoms with Crippen molar-refractivity contribution < 1.29 is 9.90 Å². The highest BCUT2D eigenvalue weighted by Crippen LogP contribution is 2.25. The van der Waals surface area contributed by atoms with Crippen LogP contribution < -0.4 is 5.56 Å². The Balaban J connectivity index is 2.60. The van der Waals surface area contributed by atoms with Gasteiger partial charge in [-0.15, -0.1) is 5.10 Å². The number of tetrazole rings is 1. The summed E-state index contributed by atoms with van der Waals surface area (Å²) in [6.07, 6.45) is 1.77. The van der Waals surface area contributed by atoms with Crippen LogP contribution in [0.4, 0.5) is 0 Å². The zero-order valence-corrected chi connectivity index (χ0v) is 10.5. The Bertz CT molecular complexity index is 662. The van der Waals surface area contributed by atoms with Crippen molar-refractivity contribution in [3.63, 3.8) is 0 Å². The maximum Gasteiger partial charge on any atom is 0.331 e. The molecule has 2 N–H and O–H groups in total. The number of carboxylic acid groups (broad SMARTS) is 1. The van der Waals surface area contributed by atoms with Crippen molar-refractivity contribution in [3.8, 4) is 11.4 Å². The largest absolute Gasteiger partial charge is 0.479 e. The summed E-state index contributed by atoms with van der Waals surface area (Å²) in [5, 5.41) is 20.4. The van der Waals surface area contributed by atoms with E-state index in [1.807, 2.05) is 0 Å². The van der Waals surface area contributed by atoms with E-state index in [0.717, 1.165) is 0 Å². The number of hydrogen-bond acceptors (Lipinski definition) is 5. The van der Waals surface area contributed by atoms with Gasteiger partial charge in [0.2, 0.25) is 5.56 Å². The van der Waals surface area contributed by atoms with Crippen LogP contribution in [0.5, 0.6) is 0 Å². The number of pyridine rings is 1. The van der Waals surface area contributed by atoms with Crippen LogP contribution >= 0.6 is 0 Å². The lowest BCUT2D eigenvalue weighted by atomic mass is 9.99. The molecule has 0 aliphatic carbocycles. The quantitative estimate of drug-likeness (QED) is 0.816. The van der Waals surface area contributed by atoms with E-state index in [0.29, 0.717) is 12.0 Å². The van der Waals surface area contributed by atoms with E-state index < -0.39 is 11.5 Å². The first-order chi connectivity index (χ1) is 8.99. The third-order valence-corrected chi connectivity index (χ3v) is 3.12. The Morgan fingerprint density at radius 2 is 2.32 bits per heavy atom. The number of carboxylic acids is 1. The standard InChI is InChI=1S/C11H13N5O3/c1-3-11(2,10(18)19)16-9(13-14-15-16)7-4-5-12-8(17)6-7/h4-6H,3H2,1-2H3,(H,12,17)(H,18,19). The highest BCUT2D eigenvalue weighted by atomic mass is 16.4. The molecule has 0 saturated heterocycles. The molecule has 2 heterocycles. The van der Waals surface area contributed by atoms with Gasteiger partial charge in [0.15, 0.2) is 11.4 Å². The van der Waals surface area contributed by atoms with Gasteiger partial charge in [0.1, 0.15) is 0 Å². The minimum absolute atomic E-state index is 0.248. The lowest BCUT2D eigenvalue weighted by molar-refractivity contribution is -0.147. The van der Waals surface area contributed by atoms with E-state index >= 15 is 0 Å². The lowest BCUT2D eigenvalue weighted by Crippen LogP contribution is -2.39. The van der Waals surface area contributed by atoms with Crippen LogP contribution in [0.15, 0.2) is 23.1 Å². The van der Waals surface area contributed by atoms with Gasteiger partial charge in [-0.05, 0) is 29.8 Å². The molecule has 8 heteroatoms. The van der Waals surface area contributed by atoms with Crippen LogP contribution in [0.1, 0.15) is 20.3 Å². The fourth-order valence-electron chi connectivity index (χ4n) is 1.67. The van der Waals surface area contributed by atoms with Crippen LogP contribution in [0.25, 0.3) is 11.4 Å². The van der Waals surface area contributed by atoms with Crippen molar-refractivity contribution in [2.45, 2.75) is 25.8 Å². The Hall–Kier alpha value is -2.51. The summed E-state index contributed by atoms with van der Waals surface area (Å²) in [5.74, 6) is -0.786. The third-order valence-electron chi connectivity index (χ3n) is 3.12. The number of aromatic nitrogens is 5. The first kappa shape index (κ1) is 12.9. The number of nitrogens with zero attached hydrogens (tertiary/aromatic N) is 4. The molecule has 0 radical (unpaired) electrons. The molecule has 1 atom stereocenters. The molecule has 0 spiro atoms. The van der Waals surface area contributed by atoms with Gasteiger partial charge in [-0.25, -0.2) is 9.48 Å². The molecule has 0 aromatic carbocycles. The van der Waals surface area contributed by atoms with Crippen molar-refractivity contribution in [2.75, 3.05) is 0 Å². The van der Waals surface area contributed by atoms with Crippen molar-refractivity contribution in [3.05, 3.63) is 28.7 Å². The summed E-state index contributed by atoms with van der Waals surface area (Å²) < 4.78 is 1.23. The molecule has 0 bridgehead atoms. The molecule has 19 heavy (non-hydrogen) atoms. The molecule has 0 saturated carbocycles. The first-order valence-electron chi connectivity index (χ1n) is 5.70. The van der Waals surface area contributed by atoms with Gasteiger partial charge in [-0.1, -0.05) is 6.92 Å². The summed E-state index contributed by atoms with van der Waals surface area (Å²) in [6, 6.07) is 2.93. The van der Waals surface area contributed by atoms with E-state index in [1.165, 1.54) is 23.9 Å². The number of aliphatic carboxylic acids is 1. The summed E-state index contributed by atoms with van der Waals surface area (Å²) in [7, 11) is 0.